The number of carbonyl (C=O) groups is 1. The Hall–Kier alpha value is -1.76. The van der Waals surface area contributed by atoms with Crippen molar-refractivity contribution in [2.24, 2.45) is 0 Å². The first-order valence-electron chi connectivity index (χ1n) is 5.22. The largest absolute Gasteiger partial charge is 0.300 e. The van der Waals surface area contributed by atoms with Crippen LogP contribution < -0.4 is 0 Å². The van der Waals surface area contributed by atoms with E-state index in [9.17, 15) is 9.18 Å². The number of Topliss-reactive ketones (excluding diaryl/α,β-unsaturated/α-hetero) is 1. The Balaban J connectivity index is 0.000000606. The maximum absolute atomic E-state index is 13.3. The van der Waals surface area contributed by atoms with Crippen molar-refractivity contribution in [1.82, 2.24) is 4.98 Å². The first-order chi connectivity index (χ1) is 7.68. The van der Waals surface area contributed by atoms with Crippen LogP contribution in [0.15, 0.2) is 18.3 Å². The number of hydrogen-bond acceptors (Lipinski definition) is 3. The normalized spacial score (nSPS) is 16.5. The second kappa shape index (κ2) is 4.84. The topological polar surface area (TPSA) is 53.8 Å². The van der Waals surface area contributed by atoms with Gasteiger partial charge in [-0.25, -0.2) is 4.39 Å². The lowest BCUT2D eigenvalue weighted by atomic mass is 9.66. The van der Waals surface area contributed by atoms with Gasteiger partial charge in [-0.2, -0.15) is 5.26 Å². The summed E-state index contributed by atoms with van der Waals surface area (Å²) in [5.41, 5.74) is -0.912. The van der Waals surface area contributed by atoms with Crippen LogP contribution in [0.25, 0.3) is 0 Å². The van der Waals surface area contributed by atoms with Crippen molar-refractivity contribution in [1.29, 1.82) is 5.26 Å². The number of nitrogens with zero attached hydrogens (tertiary/aromatic N) is 2. The predicted molar refractivity (Wildman–Crippen MR) is 57.1 cm³/mol. The lowest BCUT2D eigenvalue weighted by Gasteiger charge is -2.32. The summed E-state index contributed by atoms with van der Waals surface area (Å²) in [6.45, 7) is 4.00. The second-order valence-corrected chi connectivity index (χ2v) is 3.42. The molecule has 0 aromatic carbocycles. The minimum absolute atomic E-state index is 0.0170. The third-order valence-corrected chi connectivity index (χ3v) is 2.42. The first kappa shape index (κ1) is 12.3. The van der Waals surface area contributed by atoms with E-state index < -0.39 is 11.2 Å². The van der Waals surface area contributed by atoms with Gasteiger partial charge in [0.1, 0.15) is 17.0 Å². The van der Waals surface area contributed by atoms with Gasteiger partial charge in [0.05, 0.1) is 11.8 Å². The Bertz CT molecular complexity index is 429. The van der Waals surface area contributed by atoms with E-state index in [2.05, 4.69) is 4.98 Å². The molecule has 3 nitrogen and oxygen atoms in total. The molecule has 1 aromatic heterocycles. The van der Waals surface area contributed by atoms with E-state index in [0.717, 1.165) is 0 Å². The van der Waals surface area contributed by atoms with Crippen LogP contribution in [0.5, 0.6) is 0 Å². The number of pyridine rings is 1. The number of ketones is 1. The third-order valence-electron chi connectivity index (χ3n) is 2.42. The molecule has 0 radical (unpaired) electrons. The van der Waals surface area contributed by atoms with Crippen molar-refractivity contribution in [3.63, 3.8) is 0 Å². The van der Waals surface area contributed by atoms with Crippen LogP contribution in [0.3, 0.4) is 0 Å². The lowest BCUT2D eigenvalue weighted by molar-refractivity contribution is -0.126. The molecule has 1 heterocycles. The molecule has 1 aromatic rings. The van der Waals surface area contributed by atoms with Gasteiger partial charge < -0.3 is 0 Å². The van der Waals surface area contributed by atoms with Crippen LogP contribution in [0.1, 0.15) is 32.4 Å². The van der Waals surface area contributed by atoms with E-state index in [0.29, 0.717) is 0 Å². The number of aromatic nitrogens is 1. The highest BCUT2D eigenvalue weighted by atomic mass is 19.1. The standard InChI is InChI=1S/C10H7FN2O.C2H6/c11-8-2-1-3-13-9(8)10(6-12)4-7(14)5-10;1-2/h1-3H,4-5H2;1-2H3. The summed E-state index contributed by atoms with van der Waals surface area (Å²) in [4.78, 5) is 14.7. The molecule has 2 rings (SSSR count). The summed E-state index contributed by atoms with van der Waals surface area (Å²) < 4.78 is 13.3. The fourth-order valence-electron chi connectivity index (χ4n) is 1.66. The molecule has 4 heteroatoms. The Morgan fingerprint density at radius 3 is 2.56 bits per heavy atom. The third kappa shape index (κ3) is 1.94. The van der Waals surface area contributed by atoms with Crippen LogP contribution in [-0.4, -0.2) is 10.8 Å². The Morgan fingerprint density at radius 2 is 2.12 bits per heavy atom. The second-order valence-electron chi connectivity index (χ2n) is 3.42. The summed E-state index contributed by atoms with van der Waals surface area (Å²) in [6, 6.07) is 4.70. The van der Waals surface area contributed by atoms with Crippen molar-refractivity contribution in [3.05, 3.63) is 29.8 Å². The highest BCUT2D eigenvalue weighted by Gasteiger charge is 2.48. The molecule has 0 bridgehead atoms. The van der Waals surface area contributed by atoms with Gasteiger partial charge in [0, 0.05) is 19.0 Å². The van der Waals surface area contributed by atoms with Crippen molar-refractivity contribution in [2.45, 2.75) is 32.1 Å². The molecule has 0 aliphatic heterocycles. The Kier molecular flexibility index (Phi) is 3.73. The summed E-state index contributed by atoms with van der Waals surface area (Å²) in [6.07, 6.45) is 1.59. The van der Waals surface area contributed by atoms with Crippen molar-refractivity contribution < 1.29 is 9.18 Å². The summed E-state index contributed by atoms with van der Waals surface area (Å²) in [7, 11) is 0. The Morgan fingerprint density at radius 1 is 1.50 bits per heavy atom. The molecule has 0 unspecified atom stereocenters. The van der Waals surface area contributed by atoms with Crippen LogP contribution in [-0.2, 0) is 10.2 Å². The van der Waals surface area contributed by atoms with E-state index in [1.807, 2.05) is 19.9 Å². The molecule has 0 saturated heterocycles. The van der Waals surface area contributed by atoms with E-state index >= 15 is 0 Å². The number of nitriles is 1. The van der Waals surface area contributed by atoms with E-state index in [1.165, 1.54) is 18.3 Å². The zero-order valence-electron chi connectivity index (χ0n) is 9.33. The average Bonchev–Trinajstić information content (AvgIpc) is 2.28. The molecular weight excluding hydrogens is 207 g/mol. The number of hydrogen-bond donors (Lipinski definition) is 0. The number of rotatable bonds is 1. The van der Waals surface area contributed by atoms with Gasteiger partial charge in [-0.3, -0.25) is 9.78 Å². The van der Waals surface area contributed by atoms with E-state index in [1.54, 1.807) is 0 Å². The maximum Gasteiger partial charge on any atom is 0.146 e. The fourth-order valence-corrected chi connectivity index (χ4v) is 1.66. The summed E-state index contributed by atoms with van der Waals surface area (Å²) >= 11 is 0. The number of halogens is 1. The van der Waals surface area contributed by atoms with Gasteiger partial charge in [0.15, 0.2) is 0 Å². The molecule has 1 fully saturated rings. The molecule has 84 valence electrons. The molecule has 1 saturated carbocycles. The molecule has 0 N–H and O–H groups in total. The van der Waals surface area contributed by atoms with Gasteiger partial charge in [0.2, 0.25) is 0 Å². The predicted octanol–water partition coefficient (Wildman–Crippen LogP) is 2.37. The monoisotopic (exact) mass is 220 g/mol. The van der Waals surface area contributed by atoms with Gasteiger partial charge in [-0.1, -0.05) is 13.8 Å². The molecular formula is C12H13FN2O. The Labute approximate surface area is 93.9 Å². The quantitative estimate of drug-likeness (QED) is 0.730. The zero-order chi connectivity index (χ0) is 12.2. The van der Waals surface area contributed by atoms with Crippen molar-refractivity contribution in [3.8, 4) is 6.07 Å². The molecule has 0 atom stereocenters. The van der Waals surface area contributed by atoms with Gasteiger partial charge in [0.25, 0.3) is 0 Å². The minimum Gasteiger partial charge on any atom is -0.300 e. The minimum atomic E-state index is -1.01. The summed E-state index contributed by atoms with van der Waals surface area (Å²) in [5, 5.41) is 8.92. The maximum atomic E-state index is 13.3. The van der Waals surface area contributed by atoms with Gasteiger partial charge in [-0.15, -0.1) is 0 Å². The first-order valence-corrected chi connectivity index (χ1v) is 5.22. The van der Waals surface area contributed by atoms with Crippen LogP contribution in [0, 0.1) is 17.1 Å². The highest BCUT2D eigenvalue weighted by Crippen LogP contribution is 2.40. The van der Waals surface area contributed by atoms with Crippen LogP contribution in [0.4, 0.5) is 4.39 Å². The van der Waals surface area contributed by atoms with Crippen molar-refractivity contribution >= 4 is 5.78 Å². The van der Waals surface area contributed by atoms with Crippen LogP contribution >= 0.6 is 0 Å². The zero-order valence-corrected chi connectivity index (χ0v) is 9.33. The SMILES string of the molecule is CC.N#CC1(c2ncccc2F)CC(=O)C1. The van der Waals surface area contributed by atoms with Gasteiger partial charge in [-0.05, 0) is 12.1 Å². The molecule has 1 aliphatic rings. The molecule has 0 spiro atoms. The van der Waals surface area contributed by atoms with E-state index in [-0.39, 0.29) is 24.3 Å². The highest BCUT2D eigenvalue weighted by molar-refractivity contribution is 5.89. The van der Waals surface area contributed by atoms with Crippen LogP contribution in [0.2, 0.25) is 0 Å². The van der Waals surface area contributed by atoms with Gasteiger partial charge >= 0.3 is 0 Å². The average molecular weight is 220 g/mol. The molecule has 16 heavy (non-hydrogen) atoms. The molecule has 1 aliphatic carbocycles. The molecule has 0 amide bonds. The fraction of sp³-hybridized carbons (Fsp3) is 0.417. The number of carbonyl (C=O) groups excluding carboxylic acids is 1. The smallest absolute Gasteiger partial charge is 0.146 e. The summed E-state index contributed by atoms with van der Waals surface area (Å²) in [5.74, 6) is -0.529. The van der Waals surface area contributed by atoms with Crippen molar-refractivity contribution in [2.75, 3.05) is 0 Å². The lowest BCUT2D eigenvalue weighted by Crippen LogP contribution is -2.41. The van der Waals surface area contributed by atoms with E-state index in [4.69, 9.17) is 5.26 Å².